The predicted molar refractivity (Wildman–Crippen MR) is 47.6 cm³/mol. The lowest BCUT2D eigenvalue weighted by atomic mass is 10.2. The lowest BCUT2D eigenvalue weighted by Crippen LogP contribution is -2.35. The van der Waals surface area contributed by atoms with Crippen LogP contribution in [0.15, 0.2) is 0 Å². The number of nitrogens with one attached hydrogen (secondary N) is 1. The summed E-state index contributed by atoms with van der Waals surface area (Å²) in [5.41, 5.74) is 5.76. The van der Waals surface area contributed by atoms with E-state index in [0.29, 0.717) is 6.04 Å². The second-order valence-electron chi connectivity index (χ2n) is 2.75. The van der Waals surface area contributed by atoms with Crippen LogP contribution in [0, 0.1) is 0 Å². The average Bonchev–Trinajstić information content (AvgIpc) is 1.99. The highest BCUT2D eigenvalue weighted by Crippen LogP contribution is 1.90. The SMILES string of the molecule is CCCC(N)CNCCOC. The standard InChI is InChI=1S/C8H20N2O/c1-3-4-8(9)7-10-5-6-11-2/h8,10H,3-7,9H2,1-2H3. The molecule has 3 heteroatoms. The second-order valence-corrected chi connectivity index (χ2v) is 2.75. The van der Waals surface area contributed by atoms with E-state index in [1.165, 1.54) is 0 Å². The Bertz CT molecular complexity index is 78.5. The van der Waals surface area contributed by atoms with Gasteiger partial charge in [0.25, 0.3) is 0 Å². The molecule has 0 aromatic carbocycles. The van der Waals surface area contributed by atoms with Crippen LogP contribution in [0.25, 0.3) is 0 Å². The van der Waals surface area contributed by atoms with Crippen LogP contribution in [0.3, 0.4) is 0 Å². The number of nitrogens with two attached hydrogens (primary N) is 1. The van der Waals surface area contributed by atoms with E-state index >= 15 is 0 Å². The van der Waals surface area contributed by atoms with Crippen LogP contribution in [0.1, 0.15) is 19.8 Å². The molecular formula is C8H20N2O. The molecule has 3 N–H and O–H groups in total. The van der Waals surface area contributed by atoms with Crippen molar-refractivity contribution < 1.29 is 4.74 Å². The minimum atomic E-state index is 0.303. The highest BCUT2D eigenvalue weighted by atomic mass is 16.5. The number of methoxy groups -OCH3 is 1. The lowest BCUT2D eigenvalue weighted by molar-refractivity contribution is 0.199. The summed E-state index contributed by atoms with van der Waals surface area (Å²) in [6, 6.07) is 0.303. The molecule has 0 heterocycles. The van der Waals surface area contributed by atoms with Crippen molar-refractivity contribution in [3.8, 4) is 0 Å². The Balaban J connectivity index is 2.97. The fraction of sp³-hybridized carbons (Fsp3) is 1.00. The van der Waals surface area contributed by atoms with Crippen LogP contribution in [0.4, 0.5) is 0 Å². The molecule has 0 aliphatic rings. The minimum Gasteiger partial charge on any atom is -0.383 e. The first-order valence-corrected chi connectivity index (χ1v) is 4.26. The van der Waals surface area contributed by atoms with E-state index in [4.69, 9.17) is 10.5 Å². The Labute approximate surface area is 69.3 Å². The van der Waals surface area contributed by atoms with E-state index in [0.717, 1.165) is 32.5 Å². The maximum atomic E-state index is 5.76. The molecule has 0 radical (unpaired) electrons. The van der Waals surface area contributed by atoms with Crippen molar-refractivity contribution in [3.05, 3.63) is 0 Å². The molecule has 3 nitrogen and oxygen atoms in total. The van der Waals surface area contributed by atoms with Crippen molar-refractivity contribution in [2.75, 3.05) is 26.8 Å². The zero-order valence-corrected chi connectivity index (χ0v) is 7.60. The van der Waals surface area contributed by atoms with Gasteiger partial charge in [-0.1, -0.05) is 13.3 Å². The van der Waals surface area contributed by atoms with Gasteiger partial charge in [0.05, 0.1) is 6.61 Å². The van der Waals surface area contributed by atoms with Gasteiger partial charge < -0.3 is 15.8 Å². The molecule has 0 spiro atoms. The zero-order chi connectivity index (χ0) is 8.53. The maximum absolute atomic E-state index is 5.76. The first-order valence-electron chi connectivity index (χ1n) is 4.26. The number of rotatable bonds is 7. The molecule has 0 rings (SSSR count). The monoisotopic (exact) mass is 160 g/mol. The van der Waals surface area contributed by atoms with Gasteiger partial charge in [-0.2, -0.15) is 0 Å². The third kappa shape index (κ3) is 7.78. The third-order valence-corrected chi connectivity index (χ3v) is 1.55. The molecule has 0 saturated heterocycles. The topological polar surface area (TPSA) is 47.3 Å². The summed E-state index contributed by atoms with van der Waals surface area (Å²) in [5, 5.41) is 3.22. The van der Waals surface area contributed by atoms with Crippen molar-refractivity contribution in [2.24, 2.45) is 5.73 Å². The zero-order valence-electron chi connectivity index (χ0n) is 7.60. The van der Waals surface area contributed by atoms with Gasteiger partial charge in [0.2, 0.25) is 0 Å². The van der Waals surface area contributed by atoms with E-state index in [2.05, 4.69) is 12.2 Å². The third-order valence-electron chi connectivity index (χ3n) is 1.55. The molecule has 0 aliphatic carbocycles. The summed E-state index contributed by atoms with van der Waals surface area (Å²) >= 11 is 0. The summed E-state index contributed by atoms with van der Waals surface area (Å²) in [6.45, 7) is 4.71. The Morgan fingerprint density at radius 2 is 2.27 bits per heavy atom. The van der Waals surface area contributed by atoms with Gasteiger partial charge in [-0.25, -0.2) is 0 Å². The quantitative estimate of drug-likeness (QED) is 0.528. The van der Waals surface area contributed by atoms with Gasteiger partial charge in [0.15, 0.2) is 0 Å². The fourth-order valence-corrected chi connectivity index (χ4v) is 0.935. The second kappa shape index (κ2) is 7.98. The van der Waals surface area contributed by atoms with Crippen LogP contribution in [0.2, 0.25) is 0 Å². The van der Waals surface area contributed by atoms with E-state index in [1.807, 2.05) is 0 Å². The number of hydrogen-bond acceptors (Lipinski definition) is 3. The Morgan fingerprint density at radius 3 is 2.82 bits per heavy atom. The van der Waals surface area contributed by atoms with Crippen LogP contribution >= 0.6 is 0 Å². The van der Waals surface area contributed by atoms with Gasteiger partial charge in [-0.3, -0.25) is 0 Å². The van der Waals surface area contributed by atoms with E-state index in [1.54, 1.807) is 7.11 Å². The van der Waals surface area contributed by atoms with E-state index in [9.17, 15) is 0 Å². The van der Waals surface area contributed by atoms with Crippen LogP contribution in [-0.4, -0.2) is 32.8 Å². The number of hydrogen-bond donors (Lipinski definition) is 2. The first kappa shape index (κ1) is 10.9. The highest BCUT2D eigenvalue weighted by molar-refractivity contribution is 4.62. The van der Waals surface area contributed by atoms with Crippen molar-refractivity contribution in [3.63, 3.8) is 0 Å². The van der Waals surface area contributed by atoms with Crippen molar-refractivity contribution in [1.82, 2.24) is 5.32 Å². The van der Waals surface area contributed by atoms with Crippen LogP contribution < -0.4 is 11.1 Å². The number of ether oxygens (including phenoxy) is 1. The molecule has 0 aromatic heterocycles. The summed E-state index contributed by atoms with van der Waals surface area (Å²) in [4.78, 5) is 0. The van der Waals surface area contributed by atoms with Gasteiger partial charge in [-0.05, 0) is 6.42 Å². The molecule has 0 aromatic rings. The van der Waals surface area contributed by atoms with Gasteiger partial charge in [-0.15, -0.1) is 0 Å². The Morgan fingerprint density at radius 1 is 1.55 bits per heavy atom. The molecule has 0 fully saturated rings. The summed E-state index contributed by atoms with van der Waals surface area (Å²) in [6.07, 6.45) is 2.26. The Kier molecular flexibility index (Phi) is 7.89. The van der Waals surface area contributed by atoms with Gasteiger partial charge >= 0.3 is 0 Å². The summed E-state index contributed by atoms with van der Waals surface area (Å²) in [5.74, 6) is 0. The van der Waals surface area contributed by atoms with Gasteiger partial charge in [0, 0.05) is 26.2 Å². The normalized spacial score (nSPS) is 13.4. The Hall–Kier alpha value is -0.120. The largest absolute Gasteiger partial charge is 0.383 e. The van der Waals surface area contributed by atoms with E-state index in [-0.39, 0.29) is 0 Å². The van der Waals surface area contributed by atoms with Crippen molar-refractivity contribution in [2.45, 2.75) is 25.8 Å². The van der Waals surface area contributed by atoms with Crippen molar-refractivity contribution >= 4 is 0 Å². The minimum absolute atomic E-state index is 0.303. The molecule has 1 unspecified atom stereocenters. The summed E-state index contributed by atoms with van der Waals surface area (Å²) < 4.78 is 4.88. The molecule has 68 valence electrons. The smallest absolute Gasteiger partial charge is 0.0587 e. The van der Waals surface area contributed by atoms with Crippen LogP contribution in [-0.2, 0) is 4.74 Å². The molecule has 0 amide bonds. The van der Waals surface area contributed by atoms with Gasteiger partial charge in [0.1, 0.15) is 0 Å². The predicted octanol–water partition coefficient (Wildman–Crippen LogP) is 0.350. The lowest BCUT2D eigenvalue weighted by Gasteiger charge is -2.10. The fourth-order valence-electron chi connectivity index (χ4n) is 0.935. The average molecular weight is 160 g/mol. The maximum Gasteiger partial charge on any atom is 0.0587 e. The van der Waals surface area contributed by atoms with Crippen LogP contribution in [0.5, 0.6) is 0 Å². The molecule has 0 bridgehead atoms. The molecule has 1 atom stereocenters. The summed E-state index contributed by atoms with van der Waals surface area (Å²) in [7, 11) is 1.70. The molecular weight excluding hydrogens is 140 g/mol. The molecule has 0 aliphatic heterocycles. The highest BCUT2D eigenvalue weighted by Gasteiger charge is 1.98. The van der Waals surface area contributed by atoms with Crippen molar-refractivity contribution in [1.29, 1.82) is 0 Å². The molecule has 0 saturated carbocycles. The molecule has 11 heavy (non-hydrogen) atoms. The first-order chi connectivity index (χ1) is 5.31. The van der Waals surface area contributed by atoms with E-state index < -0.39 is 0 Å².